The third-order valence-corrected chi connectivity index (χ3v) is 7.40. The number of hydrogen-bond donors (Lipinski definition) is 0. The minimum atomic E-state index is -0.101. The molecule has 0 radical (unpaired) electrons. The van der Waals surface area contributed by atoms with Crippen LogP contribution in [0.1, 0.15) is 35.0 Å². The van der Waals surface area contributed by atoms with E-state index in [-0.39, 0.29) is 11.5 Å². The zero-order valence-electron chi connectivity index (χ0n) is 16.7. The summed E-state index contributed by atoms with van der Waals surface area (Å²) < 4.78 is 1.62. The maximum atomic E-state index is 13.1. The highest BCUT2D eigenvalue weighted by atomic mass is 32.1. The number of amides is 1. The van der Waals surface area contributed by atoms with Gasteiger partial charge in [-0.05, 0) is 49.4 Å². The zero-order valence-corrected chi connectivity index (χ0v) is 18.3. The summed E-state index contributed by atoms with van der Waals surface area (Å²) in [5.41, 5.74) is 3.78. The minimum Gasteiger partial charge on any atom is -0.293 e. The normalized spacial score (nSPS) is 13.0. The summed E-state index contributed by atoms with van der Waals surface area (Å²) in [5.74, 6) is -0.101. The van der Waals surface area contributed by atoms with Crippen LogP contribution in [0.5, 0.6) is 0 Å². The van der Waals surface area contributed by atoms with E-state index in [1.807, 2.05) is 36.6 Å². The van der Waals surface area contributed by atoms with Crippen LogP contribution < -0.4 is 10.5 Å². The summed E-state index contributed by atoms with van der Waals surface area (Å²) in [6, 6.07) is 7.78. The van der Waals surface area contributed by atoms with Gasteiger partial charge in [0.05, 0.1) is 29.6 Å². The van der Waals surface area contributed by atoms with Gasteiger partial charge in [0, 0.05) is 17.2 Å². The van der Waals surface area contributed by atoms with Crippen LogP contribution in [0, 0.1) is 6.92 Å². The second-order valence-electron chi connectivity index (χ2n) is 7.53. The molecule has 0 N–H and O–H groups in total. The third kappa shape index (κ3) is 3.26. The van der Waals surface area contributed by atoms with Crippen molar-refractivity contribution in [3.05, 3.63) is 68.0 Å². The lowest BCUT2D eigenvalue weighted by molar-refractivity contribution is -0.115. The molecule has 0 unspecified atom stereocenters. The summed E-state index contributed by atoms with van der Waals surface area (Å²) >= 11 is 3.04. The predicted octanol–water partition coefficient (Wildman–Crippen LogP) is 4.44. The van der Waals surface area contributed by atoms with Crippen LogP contribution in [0.3, 0.4) is 0 Å². The van der Waals surface area contributed by atoms with Crippen molar-refractivity contribution in [1.29, 1.82) is 0 Å². The number of anilines is 2. The van der Waals surface area contributed by atoms with E-state index in [4.69, 9.17) is 0 Å². The molecule has 1 aromatic carbocycles. The molecule has 0 bridgehead atoms. The number of hydrogen-bond acceptors (Lipinski definition) is 6. The molecule has 6 nitrogen and oxygen atoms in total. The van der Waals surface area contributed by atoms with E-state index in [0.717, 1.165) is 46.4 Å². The first-order valence-electron chi connectivity index (χ1n) is 9.82. The molecule has 1 aliphatic rings. The van der Waals surface area contributed by atoms with Crippen LogP contribution in [0.2, 0.25) is 0 Å². The number of thiazole rings is 1. The number of carbonyl (C=O) groups excluding carboxylic acids is 1. The molecule has 8 heteroatoms. The van der Waals surface area contributed by atoms with Gasteiger partial charge in [0.25, 0.3) is 5.56 Å². The minimum absolute atomic E-state index is 0.00365. The van der Waals surface area contributed by atoms with Crippen molar-refractivity contribution in [2.24, 2.45) is 0 Å². The lowest BCUT2D eigenvalue weighted by Crippen LogP contribution is -2.23. The number of benzene rings is 1. The van der Waals surface area contributed by atoms with Crippen LogP contribution in [0.25, 0.3) is 10.2 Å². The van der Waals surface area contributed by atoms with E-state index in [9.17, 15) is 9.59 Å². The smallest absolute Gasteiger partial charge is 0.262 e. The van der Waals surface area contributed by atoms with Gasteiger partial charge in [0.1, 0.15) is 4.83 Å². The van der Waals surface area contributed by atoms with E-state index in [0.29, 0.717) is 11.7 Å². The van der Waals surface area contributed by atoms with Crippen LogP contribution in [-0.4, -0.2) is 20.4 Å². The lowest BCUT2D eigenvalue weighted by Gasteiger charge is -2.18. The molecule has 1 amide bonds. The molecule has 0 saturated carbocycles. The second kappa shape index (κ2) is 7.45. The molecule has 3 heterocycles. The Morgan fingerprint density at radius 2 is 2.17 bits per heavy atom. The van der Waals surface area contributed by atoms with Crippen molar-refractivity contribution in [3.8, 4) is 0 Å². The summed E-state index contributed by atoms with van der Waals surface area (Å²) in [6.07, 6.45) is 4.73. The molecule has 0 fully saturated rings. The number of carbonyl (C=O) groups is 1. The molecule has 3 aromatic heterocycles. The van der Waals surface area contributed by atoms with E-state index < -0.39 is 0 Å². The van der Waals surface area contributed by atoms with Gasteiger partial charge in [-0.25, -0.2) is 9.97 Å². The molecule has 0 atom stereocenters. The van der Waals surface area contributed by atoms with Gasteiger partial charge in [0.2, 0.25) is 5.91 Å². The highest BCUT2D eigenvalue weighted by Crippen LogP contribution is 2.34. The van der Waals surface area contributed by atoms with E-state index in [1.165, 1.54) is 28.7 Å². The van der Waals surface area contributed by atoms with E-state index in [1.54, 1.807) is 27.1 Å². The fraction of sp³-hybridized carbons (Fsp3) is 0.273. The molecule has 30 heavy (non-hydrogen) atoms. The average molecular weight is 437 g/mol. The number of aryl methyl sites for hydroxylation is 3. The Hall–Kier alpha value is -2.84. The van der Waals surface area contributed by atoms with E-state index >= 15 is 0 Å². The number of thiophene rings is 1. The number of fused-ring (bicyclic) bond motifs is 3. The van der Waals surface area contributed by atoms with Crippen molar-refractivity contribution in [3.63, 3.8) is 0 Å². The van der Waals surface area contributed by atoms with Gasteiger partial charge in [-0.1, -0.05) is 12.1 Å². The SMILES string of the molecule is CC(=O)N(c1cccc(C)c1)c1nc(Cn2cnc3sc4c(c3c2=O)CCC4)cs1. The average Bonchev–Trinajstić information content (AvgIpc) is 3.40. The topological polar surface area (TPSA) is 68.1 Å². The summed E-state index contributed by atoms with van der Waals surface area (Å²) in [4.78, 5) is 38.4. The molecular weight excluding hydrogens is 416 g/mol. The van der Waals surface area contributed by atoms with Crippen LogP contribution in [0.15, 0.2) is 40.8 Å². The van der Waals surface area contributed by atoms with Crippen molar-refractivity contribution >= 4 is 49.6 Å². The Morgan fingerprint density at radius 3 is 2.97 bits per heavy atom. The van der Waals surface area contributed by atoms with Crippen LogP contribution >= 0.6 is 22.7 Å². The molecule has 5 rings (SSSR count). The molecule has 0 aliphatic heterocycles. The van der Waals surface area contributed by atoms with Crippen molar-refractivity contribution in [1.82, 2.24) is 14.5 Å². The van der Waals surface area contributed by atoms with Gasteiger partial charge in [-0.3, -0.25) is 19.1 Å². The van der Waals surface area contributed by atoms with Gasteiger partial charge in [-0.15, -0.1) is 22.7 Å². The largest absolute Gasteiger partial charge is 0.293 e. The first kappa shape index (κ1) is 19.1. The first-order valence-corrected chi connectivity index (χ1v) is 11.5. The Morgan fingerprint density at radius 1 is 1.30 bits per heavy atom. The molecule has 4 aromatic rings. The van der Waals surface area contributed by atoms with Crippen molar-refractivity contribution in [2.45, 2.75) is 39.7 Å². The maximum absolute atomic E-state index is 13.1. The summed E-state index contributed by atoms with van der Waals surface area (Å²) in [7, 11) is 0. The number of nitrogens with zero attached hydrogens (tertiary/aromatic N) is 4. The Labute approximate surface area is 181 Å². The Kier molecular flexibility index (Phi) is 4.75. The number of rotatable bonds is 4. The second-order valence-corrected chi connectivity index (χ2v) is 9.45. The molecule has 0 saturated heterocycles. The Bertz CT molecular complexity index is 1330. The maximum Gasteiger partial charge on any atom is 0.262 e. The van der Waals surface area contributed by atoms with Crippen LogP contribution in [-0.2, 0) is 24.2 Å². The third-order valence-electron chi connectivity index (χ3n) is 5.33. The van der Waals surface area contributed by atoms with Crippen molar-refractivity contribution in [2.75, 3.05) is 4.90 Å². The van der Waals surface area contributed by atoms with Crippen molar-refractivity contribution < 1.29 is 4.79 Å². The predicted molar refractivity (Wildman–Crippen MR) is 121 cm³/mol. The highest BCUT2D eigenvalue weighted by molar-refractivity contribution is 7.18. The van der Waals surface area contributed by atoms with Gasteiger partial charge in [-0.2, -0.15) is 0 Å². The zero-order chi connectivity index (χ0) is 20.8. The fourth-order valence-corrected chi connectivity index (χ4v) is 6.07. The van der Waals surface area contributed by atoms with Gasteiger partial charge in [0.15, 0.2) is 5.13 Å². The first-order chi connectivity index (χ1) is 14.5. The summed E-state index contributed by atoms with van der Waals surface area (Å²) in [6.45, 7) is 3.86. The van der Waals surface area contributed by atoms with Crippen LogP contribution in [0.4, 0.5) is 10.8 Å². The quantitative estimate of drug-likeness (QED) is 0.474. The fourth-order valence-electron chi connectivity index (χ4n) is 3.97. The highest BCUT2D eigenvalue weighted by Gasteiger charge is 2.22. The van der Waals surface area contributed by atoms with Gasteiger partial charge >= 0.3 is 0 Å². The molecule has 1 aliphatic carbocycles. The Balaban J connectivity index is 1.48. The molecular formula is C22H20N4O2S2. The molecule has 0 spiro atoms. The standard InChI is InChI=1S/C22H20N4O2S2/c1-13-5-3-6-16(9-13)26(14(2)27)22-24-15(11-29-22)10-25-12-23-20-19(21(25)28)17-7-4-8-18(17)30-20/h3,5-6,9,11-12H,4,7-8,10H2,1-2H3. The van der Waals surface area contributed by atoms with Gasteiger partial charge < -0.3 is 0 Å². The lowest BCUT2D eigenvalue weighted by atomic mass is 10.2. The molecule has 152 valence electrons. The monoisotopic (exact) mass is 436 g/mol. The number of aromatic nitrogens is 3. The van der Waals surface area contributed by atoms with E-state index in [2.05, 4.69) is 9.97 Å². The summed E-state index contributed by atoms with van der Waals surface area (Å²) in [5, 5.41) is 3.27.